The lowest BCUT2D eigenvalue weighted by Crippen LogP contribution is -2.25. The summed E-state index contributed by atoms with van der Waals surface area (Å²) in [6.07, 6.45) is 0. The second kappa shape index (κ2) is 6.88. The van der Waals surface area contributed by atoms with Gasteiger partial charge in [-0.05, 0) is 23.3 Å². The number of carbonyl (C=O) groups is 2. The molecule has 1 aromatic heterocycles. The van der Waals surface area contributed by atoms with Crippen molar-refractivity contribution in [3.63, 3.8) is 0 Å². The minimum atomic E-state index is -0.628. The molecular formula is C23H21N3O4. The van der Waals surface area contributed by atoms with E-state index in [1.807, 2.05) is 42.5 Å². The molecule has 0 atom stereocenters. The van der Waals surface area contributed by atoms with E-state index < -0.39 is 17.4 Å². The van der Waals surface area contributed by atoms with E-state index in [-0.39, 0.29) is 22.4 Å². The average molecular weight is 403 g/mol. The largest absolute Gasteiger partial charge is 0.495 e. The molecule has 0 radical (unpaired) electrons. The van der Waals surface area contributed by atoms with Crippen LogP contribution in [0.15, 0.2) is 59.4 Å². The zero-order valence-electron chi connectivity index (χ0n) is 16.9. The van der Waals surface area contributed by atoms with Crippen molar-refractivity contribution >= 4 is 17.6 Å². The SMILES string of the molecule is COc1ccc(C(C)(C)c2ccccc2)cc1-n1c(N)c2c(cc1=O)C(=O)NC2=O. The van der Waals surface area contributed by atoms with Crippen molar-refractivity contribution in [1.82, 2.24) is 9.88 Å². The number of nitrogens with one attached hydrogen (secondary N) is 1. The molecule has 152 valence electrons. The van der Waals surface area contributed by atoms with Crippen LogP contribution in [0.3, 0.4) is 0 Å². The van der Waals surface area contributed by atoms with Crippen LogP contribution in [0, 0.1) is 0 Å². The lowest BCUT2D eigenvalue weighted by molar-refractivity contribution is 0.0880. The van der Waals surface area contributed by atoms with Crippen LogP contribution in [0.2, 0.25) is 0 Å². The first-order valence-corrected chi connectivity index (χ1v) is 9.41. The third-order valence-corrected chi connectivity index (χ3v) is 5.59. The number of fused-ring (bicyclic) bond motifs is 1. The number of anilines is 1. The van der Waals surface area contributed by atoms with E-state index in [4.69, 9.17) is 10.5 Å². The molecule has 2 heterocycles. The molecule has 2 amide bonds. The smallest absolute Gasteiger partial charge is 0.262 e. The number of rotatable bonds is 4. The van der Waals surface area contributed by atoms with Crippen molar-refractivity contribution in [2.24, 2.45) is 0 Å². The number of amides is 2. The normalized spacial score (nSPS) is 13.2. The van der Waals surface area contributed by atoms with Crippen LogP contribution in [0.5, 0.6) is 5.75 Å². The molecule has 0 aliphatic carbocycles. The van der Waals surface area contributed by atoms with Gasteiger partial charge < -0.3 is 10.5 Å². The maximum absolute atomic E-state index is 12.9. The Hall–Kier alpha value is -3.87. The van der Waals surface area contributed by atoms with Gasteiger partial charge in [0.15, 0.2) is 0 Å². The first-order chi connectivity index (χ1) is 14.3. The predicted molar refractivity (Wildman–Crippen MR) is 113 cm³/mol. The molecule has 0 spiro atoms. The van der Waals surface area contributed by atoms with Crippen LogP contribution in [0.1, 0.15) is 45.7 Å². The van der Waals surface area contributed by atoms with Gasteiger partial charge in [-0.1, -0.05) is 50.2 Å². The number of nitrogens with two attached hydrogens (primary N) is 1. The van der Waals surface area contributed by atoms with Gasteiger partial charge in [0.05, 0.1) is 23.9 Å². The average Bonchev–Trinajstić information content (AvgIpc) is 3.01. The first-order valence-electron chi connectivity index (χ1n) is 9.41. The van der Waals surface area contributed by atoms with Crippen molar-refractivity contribution in [2.45, 2.75) is 19.3 Å². The van der Waals surface area contributed by atoms with Crippen LogP contribution in [0.25, 0.3) is 5.69 Å². The number of nitrogens with zero attached hydrogens (tertiary/aromatic N) is 1. The van der Waals surface area contributed by atoms with Crippen molar-refractivity contribution in [2.75, 3.05) is 12.8 Å². The minimum absolute atomic E-state index is 0.00521. The Labute approximate surface area is 173 Å². The summed E-state index contributed by atoms with van der Waals surface area (Å²) in [5, 5.41) is 2.17. The molecule has 7 heteroatoms. The fourth-order valence-electron chi connectivity index (χ4n) is 3.80. The molecule has 1 aliphatic heterocycles. The molecular weight excluding hydrogens is 382 g/mol. The van der Waals surface area contributed by atoms with Crippen LogP contribution < -0.4 is 21.3 Å². The number of pyridine rings is 1. The van der Waals surface area contributed by atoms with Crippen molar-refractivity contribution in [3.05, 3.63) is 87.2 Å². The van der Waals surface area contributed by atoms with Crippen LogP contribution in [0.4, 0.5) is 5.82 Å². The van der Waals surface area contributed by atoms with E-state index in [1.165, 1.54) is 11.7 Å². The number of nitrogen functional groups attached to an aromatic ring is 1. The Morgan fingerprint density at radius 3 is 2.30 bits per heavy atom. The van der Waals surface area contributed by atoms with E-state index in [0.29, 0.717) is 11.4 Å². The van der Waals surface area contributed by atoms with Gasteiger partial charge in [-0.15, -0.1) is 0 Å². The number of ether oxygens (including phenoxy) is 1. The van der Waals surface area contributed by atoms with Crippen LogP contribution >= 0.6 is 0 Å². The van der Waals surface area contributed by atoms with Crippen LogP contribution in [-0.2, 0) is 5.41 Å². The zero-order valence-corrected chi connectivity index (χ0v) is 16.9. The molecule has 7 nitrogen and oxygen atoms in total. The molecule has 0 saturated carbocycles. The third kappa shape index (κ3) is 2.86. The monoisotopic (exact) mass is 403 g/mol. The molecule has 3 aromatic rings. The van der Waals surface area contributed by atoms with Gasteiger partial charge in [-0.25, -0.2) is 0 Å². The number of benzene rings is 2. The lowest BCUT2D eigenvalue weighted by Gasteiger charge is -2.27. The molecule has 0 saturated heterocycles. The summed E-state index contributed by atoms with van der Waals surface area (Å²) in [5.41, 5.74) is 7.72. The predicted octanol–water partition coefficient (Wildman–Crippen LogP) is 2.64. The molecule has 2 aromatic carbocycles. The van der Waals surface area contributed by atoms with E-state index in [0.717, 1.165) is 17.2 Å². The van der Waals surface area contributed by atoms with Crippen molar-refractivity contribution in [1.29, 1.82) is 0 Å². The molecule has 0 bridgehead atoms. The summed E-state index contributed by atoms with van der Waals surface area (Å²) in [4.78, 5) is 37.0. The summed E-state index contributed by atoms with van der Waals surface area (Å²) in [6.45, 7) is 4.16. The first kappa shape index (κ1) is 19.4. The quantitative estimate of drug-likeness (QED) is 0.652. The van der Waals surface area contributed by atoms with Gasteiger partial charge in [0, 0.05) is 11.5 Å². The number of aromatic nitrogens is 1. The number of imide groups is 1. The van der Waals surface area contributed by atoms with Crippen molar-refractivity contribution in [3.8, 4) is 11.4 Å². The highest BCUT2D eigenvalue weighted by atomic mass is 16.5. The van der Waals surface area contributed by atoms with E-state index >= 15 is 0 Å². The standard InChI is InChI=1S/C23H21N3O4/c1-23(2,13-7-5-4-6-8-13)14-9-10-17(30-3)16(11-14)26-18(27)12-15-19(20(26)24)22(29)25-21(15)28/h4-12H,24H2,1-3H3,(H,25,28,29). The highest BCUT2D eigenvalue weighted by molar-refractivity contribution is 6.23. The number of hydrogen-bond donors (Lipinski definition) is 2. The van der Waals surface area contributed by atoms with E-state index in [2.05, 4.69) is 19.2 Å². The molecule has 0 unspecified atom stereocenters. The third-order valence-electron chi connectivity index (χ3n) is 5.59. The fourth-order valence-corrected chi connectivity index (χ4v) is 3.80. The number of methoxy groups -OCH3 is 1. The molecule has 1 aliphatic rings. The van der Waals surface area contributed by atoms with Crippen molar-refractivity contribution < 1.29 is 14.3 Å². The molecule has 30 heavy (non-hydrogen) atoms. The van der Waals surface area contributed by atoms with Crippen LogP contribution in [-0.4, -0.2) is 23.5 Å². The second-order valence-corrected chi connectivity index (χ2v) is 7.65. The summed E-state index contributed by atoms with van der Waals surface area (Å²) in [5.74, 6) is -0.937. The topological polar surface area (TPSA) is 103 Å². The van der Waals surface area contributed by atoms with Gasteiger partial charge >= 0.3 is 0 Å². The highest BCUT2D eigenvalue weighted by Gasteiger charge is 2.33. The Morgan fingerprint density at radius 1 is 0.933 bits per heavy atom. The Bertz CT molecular complexity index is 1240. The van der Waals surface area contributed by atoms with Gasteiger partial charge in [0.1, 0.15) is 11.6 Å². The summed E-state index contributed by atoms with van der Waals surface area (Å²) in [6, 6.07) is 16.6. The van der Waals surface area contributed by atoms with Gasteiger partial charge in [-0.2, -0.15) is 0 Å². The van der Waals surface area contributed by atoms with Gasteiger partial charge in [0.2, 0.25) is 0 Å². The molecule has 3 N–H and O–H groups in total. The lowest BCUT2D eigenvalue weighted by atomic mass is 9.78. The summed E-state index contributed by atoms with van der Waals surface area (Å²) >= 11 is 0. The minimum Gasteiger partial charge on any atom is -0.495 e. The van der Waals surface area contributed by atoms with Gasteiger partial charge in [-0.3, -0.25) is 24.3 Å². The zero-order chi connectivity index (χ0) is 21.6. The number of carbonyl (C=O) groups excluding carboxylic acids is 2. The highest BCUT2D eigenvalue weighted by Crippen LogP contribution is 2.36. The number of hydrogen-bond acceptors (Lipinski definition) is 5. The molecule has 4 rings (SSSR count). The van der Waals surface area contributed by atoms with Gasteiger partial charge in [0.25, 0.3) is 17.4 Å². The second-order valence-electron chi connectivity index (χ2n) is 7.65. The summed E-state index contributed by atoms with van der Waals surface area (Å²) < 4.78 is 6.68. The van der Waals surface area contributed by atoms with E-state index in [1.54, 1.807) is 6.07 Å². The summed E-state index contributed by atoms with van der Waals surface area (Å²) in [7, 11) is 1.49. The Balaban J connectivity index is 1.96. The maximum atomic E-state index is 12.9. The maximum Gasteiger partial charge on any atom is 0.262 e. The molecule has 0 fully saturated rings. The fraction of sp³-hybridized carbons (Fsp3) is 0.174. The van der Waals surface area contributed by atoms with E-state index in [9.17, 15) is 14.4 Å². The Morgan fingerprint density at radius 2 is 1.63 bits per heavy atom. The Kier molecular flexibility index (Phi) is 4.46.